The van der Waals surface area contributed by atoms with E-state index in [-0.39, 0.29) is 5.97 Å². The van der Waals surface area contributed by atoms with E-state index in [2.05, 4.69) is 19.2 Å². The number of ether oxygens (including phenoxy) is 2. The first kappa shape index (κ1) is 16.4. The Bertz CT molecular complexity index is 219. The number of likely N-dealkylation sites (N-methyl/N-ethyl adjacent to an activating group) is 1. The Hall–Kier alpha value is -0.610. The molecular formula is C13H27NO3. The molecule has 0 aromatic heterocycles. The molecule has 0 saturated heterocycles. The maximum Gasteiger partial charge on any atom is 0.325 e. The van der Waals surface area contributed by atoms with Gasteiger partial charge in [-0.05, 0) is 39.2 Å². The van der Waals surface area contributed by atoms with E-state index in [4.69, 9.17) is 9.47 Å². The third kappa shape index (κ3) is 6.64. The molecule has 0 aliphatic heterocycles. The number of rotatable bonds is 9. The highest BCUT2D eigenvalue weighted by Crippen LogP contribution is 2.15. The van der Waals surface area contributed by atoms with Crippen LogP contribution in [0, 0.1) is 5.92 Å². The van der Waals surface area contributed by atoms with Crippen LogP contribution >= 0.6 is 0 Å². The lowest BCUT2D eigenvalue weighted by Crippen LogP contribution is -2.48. The molecular weight excluding hydrogens is 218 g/mol. The minimum absolute atomic E-state index is 0.205. The van der Waals surface area contributed by atoms with Crippen LogP contribution in [0.3, 0.4) is 0 Å². The minimum Gasteiger partial charge on any atom is -0.468 e. The lowest BCUT2D eigenvalue weighted by molar-refractivity contribution is -0.148. The van der Waals surface area contributed by atoms with Crippen molar-refractivity contribution in [1.29, 1.82) is 0 Å². The van der Waals surface area contributed by atoms with Gasteiger partial charge in [-0.15, -0.1) is 0 Å². The number of carbonyl (C=O) groups excluding carboxylic acids is 1. The smallest absolute Gasteiger partial charge is 0.325 e. The van der Waals surface area contributed by atoms with E-state index in [0.29, 0.717) is 5.92 Å². The van der Waals surface area contributed by atoms with Gasteiger partial charge in [0.25, 0.3) is 0 Å². The van der Waals surface area contributed by atoms with E-state index in [9.17, 15) is 4.79 Å². The summed E-state index contributed by atoms with van der Waals surface area (Å²) in [5.41, 5.74) is -0.577. The molecule has 1 atom stereocenters. The summed E-state index contributed by atoms with van der Waals surface area (Å²) in [7, 11) is 3.20. The van der Waals surface area contributed by atoms with Crippen LogP contribution in [0.2, 0.25) is 0 Å². The van der Waals surface area contributed by atoms with Crippen molar-refractivity contribution < 1.29 is 14.3 Å². The minimum atomic E-state index is -0.577. The van der Waals surface area contributed by atoms with Crippen LogP contribution in [-0.4, -0.2) is 38.9 Å². The Morgan fingerprint density at radius 3 is 2.47 bits per heavy atom. The fourth-order valence-electron chi connectivity index (χ4n) is 1.56. The highest BCUT2D eigenvalue weighted by Gasteiger charge is 2.31. The van der Waals surface area contributed by atoms with Crippen molar-refractivity contribution in [3.8, 4) is 0 Å². The van der Waals surface area contributed by atoms with Gasteiger partial charge in [-0.25, -0.2) is 0 Å². The van der Waals surface area contributed by atoms with Crippen molar-refractivity contribution in [2.75, 3.05) is 27.4 Å². The molecule has 0 radical (unpaired) electrons. The molecule has 0 saturated carbocycles. The number of nitrogens with one attached hydrogen (secondary N) is 1. The Labute approximate surface area is 105 Å². The van der Waals surface area contributed by atoms with Crippen LogP contribution < -0.4 is 5.32 Å². The number of methoxy groups -OCH3 is 1. The van der Waals surface area contributed by atoms with Gasteiger partial charge in [0.2, 0.25) is 0 Å². The van der Waals surface area contributed by atoms with Gasteiger partial charge in [-0.1, -0.05) is 13.8 Å². The van der Waals surface area contributed by atoms with Gasteiger partial charge in [0, 0.05) is 13.2 Å². The molecule has 0 fully saturated rings. The van der Waals surface area contributed by atoms with Gasteiger partial charge in [-0.2, -0.15) is 0 Å². The van der Waals surface area contributed by atoms with Crippen LogP contribution in [0.25, 0.3) is 0 Å². The molecule has 17 heavy (non-hydrogen) atoms. The maximum atomic E-state index is 11.6. The standard InChI is InChI=1S/C13H27NO3/c1-11(2)10-17-9-7-6-8-13(3,14-4)12(15)16-5/h11,14H,6-10H2,1-5H3. The van der Waals surface area contributed by atoms with Gasteiger partial charge in [0.05, 0.1) is 7.11 Å². The first-order chi connectivity index (χ1) is 7.96. The molecule has 0 spiro atoms. The van der Waals surface area contributed by atoms with E-state index in [1.807, 2.05) is 6.92 Å². The highest BCUT2D eigenvalue weighted by atomic mass is 16.5. The van der Waals surface area contributed by atoms with Crippen LogP contribution in [0.15, 0.2) is 0 Å². The molecule has 0 aromatic rings. The lowest BCUT2D eigenvalue weighted by Gasteiger charge is -2.25. The number of esters is 1. The number of unbranched alkanes of at least 4 members (excludes halogenated alkanes) is 1. The summed E-state index contributed by atoms with van der Waals surface area (Å²) >= 11 is 0. The van der Waals surface area contributed by atoms with Crippen LogP contribution in [0.5, 0.6) is 0 Å². The molecule has 0 rings (SSSR count). The summed E-state index contributed by atoms with van der Waals surface area (Å²) in [5.74, 6) is 0.371. The van der Waals surface area contributed by atoms with Crippen molar-refractivity contribution in [3.63, 3.8) is 0 Å². The average molecular weight is 245 g/mol. The van der Waals surface area contributed by atoms with E-state index in [1.54, 1.807) is 7.05 Å². The molecule has 4 heteroatoms. The zero-order chi connectivity index (χ0) is 13.3. The third-order valence-electron chi connectivity index (χ3n) is 2.85. The molecule has 0 aliphatic carbocycles. The molecule has 1 unspecified atom stereocenters. The normalized spacial score (nSPS) is 14.7. The molecule has 0 heterocycles. The molecule has 102 valence electrons. The first-order valence-corrected chi connectivity index (χ1v) is 6.31. The van der Waals surface area contributed by atoms with Gasteiger partial charge in [-0.3, -0.25) is 4.79 Å². The first-order valence-electron chi connectivity index (χ1n) is 6.31. The Balaban J connectivity index is 3.74. The zero-order valence-corrected chi connectivity index (χ0v) is 11.8. The molecule has 0 aromatic carbocycles. The molecule has 1 N–H and O–H groups in total. The molecule has 0 amide bonds. The van der Waals surface area contributed by atoms with E-state index >= 15 is 0 Å². The van der Waals surface area contributed by atoms with Gasteiger partial charge < -0.3 is 14.8 Å². The maximum absolute atomic E-state index is 11.6. The largest absolute Gasteiger partial charge is 0.468 e. The topological polar surface area (TPSA) is 47.6 Å². The van der Waals surface area contributed by atoms with Gasteiger partial charge >= 0.3 is 5.97 Å². The molecule has 0 bridgehead atoms. The Morgan fingerprint density at radius 2 is 2.00 bits per heavy atom. The second-order valence-electron chi connectivity index (χ2n) is 5.00. The SMILES string of the molecule is CNC(C)(CCCCOCC(C)C)C(=O)OC. The van der Waals surface area contributed by atoms with Crippen molar-refractivity contribution in [3.05, 3.63) is 0 Å². The van der Waals surface area contributed by atoms with E-state index < -0.39 is 5.54 Å². The average Bonchev–Trinajstić information content (AvgIpc) is 2.31. The second kappa shape index (κ2) is 8.48. The lowest BCUT2D eigenvalue weighted by atomic mass is 9.95. The summed E-state index contributed by atoms with van der Waals surface area (Å²) in [6.07, 6.45) is 2.69. The van der Waals surface area contributed by atoms with Crippen molar-refractivity contribution >= 4 is 5.97 Å². The second-order valence-corrected chi connectivity index (χ2v) is 5.00. The van der Waals surface area contributed by atoms with Crippen LogP contribution in [0.1, 0.15) is 40.0 Å². The summed E-state index contributed by atoms with van der Waals surface area (Å²) in [4.78, 5) is 11.6. The van der Waals surface area contributed by atoms with Crippen LogP contribution in [0.4, 0.5) is 0 Å². The predicted molar refractivity (Wildman–Crippen MR) is 69.0 cm³/mol. The fraction of sp³-hybridized carbons (Fsp3) is 0.923. The quantitative estimate of drug-likeness (QED) is 0.498. The van der Waals surface area contributed by atoms with Crippen molar-refractivity contribution in [1.82, 2.24) is 5.32 Å². The van der Waals surface area contributed by atoms with Crippen molar-refractivity contribution in [2.24, 2.45) is 5.92 Å². The van der Waals surface area contributed by atoms with Crippen LogP contribution in [-0.2, 0) is 14.3 Å². The third-order valence-corrected chi connectivity index (χ3v) is 2.85. The Morgan fingerprint density at radius 1 is 1.35 bits per heavy atom. The van der Waals surface area contributed by atoms with Crippen molar-refractivity contribution in [2.45, 2.75) is 45.6 Å². The number of hydrogen-bond donors (Lipinski definition) is 1. The monoisotopic (exact) mass is 245 g/mol. The fourth-order valence-corrected chi connectivity index (χ4v) is 1.56. The van der Waals surface area contributed by atoms with Gasteiger partial charge in [0.15, 0.2) is 0 Å². The summed E-state index contributed by atoms with van der Waals surface area (Å²) < 4.78 is 10.3. The summed E-state index contributed by atoms with van der Waals surface area (Å²) in [5, 5.41) is 3.02. The van der Waals surface area contributed by atoms with E-state index in [0.717, 1.165) is 32.5 Å². The summed E-state index contributed by atoms with van der Waals surface area (Å²) in [6.45, 7) is 7.71. The summed E-state index contributed by atoms with van der Waals surface area (Å²) in [6, 6.07) is 0. The number of hydrogen-bond acceptors (Lipinski definition) is 4. The molecule has 4 nitrogen and oxygen atoms in total. The molecule has 0 aliphatic rings. The number of carbonyl (C=O) groups is 1. The Kier molecular flexibility index (Phi) is 8.17. The van der Waals surface area contributed by atoms with Gasteiger partial charge in [0.1, 0.15) is 5.54 Å². The zero-order valence-electron chi connectivity index (χ0n) is 11.8. The highest BCUT2D eigenvalue weighted by molar-refractivity contribution is 5.80. The predicted octanol–water partition coefficient (Wildman–Crippen LogP) is 1.98. The van der Waals surface area contributed by atoms with E-state index in [1.165, 1.54) is 7.11 Å².